The van der Waals surface area contributed by atoms with Gasteiger partial charge in [0.15, 0.2) is 0 Å². The Morgan fingerprint density at radius 2 is 1.40 bits per heavy atom. The molecule has 0 aromatic heterocycles. The summed E-state index contributed by atoms with van der Waals surface area (Å²) in [6, 6.07) is 15.0. The van der Waals surface area contributed by atoms with Crippen molar-refractivity contribution in [3.8, 4) is 16.9 Å². The maximum atomic E-state index is 12.1. The molecule has 0 spiro atoms. The lowest BCUT2D eigenvalue weighted by Crippen LogP contribution is -2.28. The molecule has 3 nitrogen and oxygen atoms in total. The number of hydrogen-bond acceptors (Lipinski definition) is 3. The van der Waals surface area contributed by atoms with Crippen LogP contribution in [0.3, 0.4) is 0 Å². The predicted molar refractivity (Wildman–Crippen MR) is 66.3 cm³/mol. The first kappa shape index (κ1) is 14.4. The molecule has 1 radical (unpaired) electrons. The average molecular weight is 301 g/mol. The maximum Gasteiger partial charge on any atom is 0.534 e. The van der Waals surface area contributed by atoms with Crippen LogP contribution in [0.15, 0.2) is 48.5 Å². The second kappa shape index (κ2) is 5.16. The monoisotopic (exact) mass is 301 g/mol. The normalized spacial score (nSPS) is 12.2. The Hall–Kier alpha value is -2.02. The summed E-state index contributed by atoms with van der Waals surface area (Å²) in [5.41, 5.74) is -3.90. The van der Waals surface area contributed by atoms with Crippen LogP contribution in [0.25, 0.3) is 11.1 Å². The lowest BCUT2D eigenvalue weighted by molar-refractivity contribution is -0.0500. The highest BCUT2D eigenvalue weighted by Crippen LogP contribution is 2.28. The Morgan fingerprint density at radius 3 is 1.90 bits per heavy atom. The van der Waals surface area contributed by atoms with E-state index in [2.05, 4.69) is 10.2 Å². The number of hydrogen-bond donors (Lipinski definition) is 0. The lowest BCUT2D eigenvalue weighted by Gasteiger charge is -2.09. The molecule has 0 saturated heterocycles. The van der Waals surface area contributed by atoms with Gasteiger partial charge in [-0.2, -0.15) is 21.6 Å². The fourth-order valence-electron chi connectivity index (χ4n) is 1.46. The lowest BCUT2D eigenvalue weighted by atomic mass is 10.1. The van der Waals surface area contributed by atoms with Crippen LogP contribution in [0.5, 0.6) is 5.75 Å². The van der Waals surface area contributed by atoms with Gasteiger partial charge in [-0.05, 0) is 29.3 Å². The zero-order valence-electron chi connectivity index (χ0n) is 9.89. The topological polar surface area (TPSA) is 43.4 Å². The molecule has 0 fully saturated rings. The molecule has 0 amide bonds. The summed E-state index contributed by atoms with van der Waals surface area (Å²) in [5.74, 6) is -0.395. The van der Waals surface area contributed by atoms with E-state index in [4.69, 9.17) is 0 Å². The quantitative estimate of drug-likeness (QED) is 0.645. The molecule has 0 unspecified atom stereocenters. The maximum absolute atomic E-state index is 12.1. The molecule has 0 heterocycles. The van der Waals surface area contributed by atoms with Gasteiger partial charge in [0.1, 0.15) is 5.75 Å². The Kier molecular flexibility index (Phi) is 3.71. The summed E-state index contributed by atoms with van der Waals surface area (Å²) in [4.78, 5) is 0. The summed E-state index contributed by atoms with van der Waals surface area (Å²) in [5, 5.41) is 0. The standard InChI is InChI=1S/C13H8F3O3S/c14-13(15,16)20(17,18)19-12-8-6-11(7-9-12)10-4-2-1-3-5-10/h2-9H. The van der Waals surface area contributed by atoms with E-state index in [0.29, 0.717) is 0 Å². The van der Waals surface area contributed by atoms with Crippen molar-refractivity contribution in [2.45, 2.75) is 5.51 Å². The van der Waals surface area contributed by atoms with E-state index in [1.165, 1.54) is 12.1 Å². The van der Waals surface area contributed by atoms with Crippen molar-refractivity contribution in [1.82, 2.24) is 0 Å². The third-order valence-electron chi connectivity index (χ3n) is 2.40. The highest BCUT2D eigenvalue weighted by molar-refractivity contribution is 7.87. The molecule has 20 heavy (non-hydrogen) atoms. The van der Waals surface area contributed by atoms with Crippen molar-refractivity contribution in [2.75, 3.05) is 0 Å². The molecule has 2 rings (SSSR count). The van der Waals surface area contributed by atoms with E-state index in [-0.39, 0.29) is 0 Å². The number of benzene rings is 2. The van der Waals surface area contributed by atoms with Crippen LogP contribution in [-0.4, -0.2) is 13.9 Å². The van der Waals surface area contributed by atoms with Crippen LogP contribution in [0.2, 0.25) is 0 Å². The smallest absolute Gasteiger partial charge is 0.376 e. The van der Waals surface area contributed by atoms with E-state index >= 15 is 0 Å². The molecular formula is C13H8F3O3S. The Bertz CT molecular complexity index is 677. The van der Waals surface area contributed by atoms with Gasteiger partial charge in [-0.15, -0.1) is 0 Å². The SMILES string of the molecule is O=S(=O)(Oc1ccc(-c2cc[c]cc2)cc1)C(F)(F)F. The van der Waals surface area contributed by atoms with Crippen LogP contribution < -0.4 is 4.18 Å². The van der Waals surface area contributed by atoms with Crippen LogP contribution in [0, 0.1) is 6.07 Å². The highest BCUT2D eigenvalue weighted by Gasteiger charge is 2.48. The molecule has 0 N–H and O–H groups in total. The summed E-state index contributed by atoms with van der Waals surface area (Å²) in [6.07, 6.45) is 0. The zero-order valence-corrected chi connectivity index (χ0v) is 10.7. The van der Waals surface area contributed by atoms with E-state index in [1.54, 1.807) is 24.3 Å². The second-order valence-corrected chi connectivity index (χ2v) is 5.33. The van der Waals surface area contributed by atoms with Crippen molar-refractivity contribution in [2.24, 2.45) is 0 Å². The van der Waals surface area contributed by atoms with Gasteiger partial charge in [0.05, 0.1) is 0 Å². The van der Waals surface area contributed by atoms with Gasteiger partial charge < -0.3 is 4.18 Å². The summed E-state index contributed by atoms with van der Waals surface area (Å²) >= 11 is 0. The number of halogens is 3. The van der Waals surface area contributed by atoms with Gasteiger partial charge in [-0.25, -0.2) is 0 Å². The van der Waals surface area contributed by atoms with Crippen molar-refractivity contribution in [1.29, 1.82) is 0 Å². The third kappa shape index (κ3) is 3.11. The molecule has 0 aliphatic rings. The van der Waals surface area contributed by atoms with E-state index in [9.17, 15) is 21.6 Å². The fourth-order valence-corrected chi connectivity index (χ4v) is 1.92. The molecule has 0 atom stereocenters. The van der Waals surface area contributed by atoms with Gasteiger partial charge in [0.25, 0.3) is 0 Å². The molecule has 7 heteroatoms. The molecular weight excluding hydrogens is 293 g/mol. The predicted octanol–water partition coefficient (Wildman–Crippen LogP) is 3.38. The van der Waals surface area contributed by atoms with Gasteiger partial charge in [0, 0.05) is 0 Å². The molecule has 2 aromatic carbocycles. The Labute approximate surface area is 113 Å². The van der Waals surface area contributed by atoms with Crippen molar-refractivity contribution in [3.05, 3.63) is 54.6 Å². The molecule has 0 aliphatic carbocycles. The minimum Gasteiger partial charge on any atom is -0.376 e. The molecule has 0 aliphatic heterocycles. The zero-order chi connectivity index (χ0) is 14.8. The van der Waals surface area contributed by atoms with E-state index < -0.39 is 21.4 Å². The first-order valence-corrected chi connectivity index (χ1v) is 6.78. The molecule has 0 saturated carbocycles. The first-order valence-electron chi connectivity index (χ1n) is 5.37. The van der Waals surface area contributed by atoms with Crippen LogP contribution >= 0.6 is 0 Å². The second-order valence-electron chi connectivity index (χ2n) is 3.80. The van der Waals surface area contributed by atoms with Crippen molar-refractivity contribution >= 4 is 10.1 Å². The van der Waals surface area contributed by atoms with Gasteiger partial charge in [0.2, 0.25) is 0 Å². The van der Waals surface area contributed by atoms with Crippen LogP contribution in [0.4, 0.5) is 13.2 Å². The largest absolute Gasteiger partial charge is 0.534 e. The average Bonchev–Trinajstić information content (AvgIpc) is 2.39. The number of alkyl halides is 3. The Morgan fingerprint density at radius 1 is 0.900 bits per heavy atom. The minimum atomic E-state index is -5.63. The van der Waals surface area contributed by atoms with Gasteiger partial charge >= 0.3 is 15.6 Å². The first-order chi connectivity index (χ1) is 9.29. The summed E-state index contributed by atoms with van der Waals surface area (Å²) in [6.45, 7) is 0. The Balaban J connectivity index is 2.22. The molecule has 105 valence electrons. The van der Waals surface area contributed by atoms with Crippen molar-refractivity contribution in [3.63, 3.8) is 0 Å². The number of rotatable bonds is 3. The highest BCUT2D eigenvalue weighted by atomic mass is 32.2. The van der Waals surface area contributed by atoms with E-state index in [1.807, 2.05) is 0 Å². The third-order valence-corrected chi connectivity index (χ3v) is 3.37. The van der Waals surface area contributed by atoms with Crippen molar-refractivity contribution < 1.29 is 25.8 Å². The fraction of sp³-hybridized carbons (Fsp3) is 0.0769. The summed E-state index contributed by atoms with van der Waals surface area (Å²) < 4.78 is 62.1. The molecule has 0 bridgehead atoms. The minimum absolute atomic E-state index is 0.395. The van der Waals surface area contributed by atoms with Gasteiger partial charge in [-0.1, -0.05) is 36.4 Å². The summed E-state index contributed by atoms with van der Waals surface area (Å²) in [7, 11) is -5.63. The molecule has 2 aromatic rings. The van der Waals surface area contributed by atoms with Gasteiger partial charge in [-0.3, -0.25) is 0 Å². The van der Waals surface area contributed by atoms with E-state index in [0.717, 1.165) is 23.3 Å². The van der Waals surface area contributed by atoms with Crippen LogP contribution in [-0.2, 0) is 10.1 Å². The van der Waals surface area contributed by atoms with Crippen LogP contribution in [0.1, 0.15) is 0 Å².